The van der Waals surface area contributed by atoms with Crippen LogP contribution in [-0.4, -0.2) is 30.2 Å². The van der Waals surface area contributed by atoms with Gasteiger partial charge in [-0.15, -0.1) is 0 Å². The van der Waals surface area contributed by atoms with Crippen molar-refractivity contribution < 1.29 is 4.79 Å². The molecule has 0 atom stereocenters. The van der Waals surface area contributed by atoms with Crippen LogP contribution in [0.25, 0.3) is 16.6 Å². The van der Waals surface area contributed by atoms with Gasteiger partial charge in [-0.1, -0.05) is 35.5 Å². The first-order chi connectivity index (χ1) is 15.7. The van der Waals surface area contributed by atoms with Gasteiger partial charge in [0.2, 0.25) is 0 Å². The highest BCUT2D eigenvalue weighted by molar-refractivity contribution is 7.99. The van der Waals surface area contributed by atoms with Crippen LogP contribution in [0.5, 0.6) is 0 Å². The second-order valence-electron chi connectivity index (χ2n) is 7.21. The predicted molar refractivity (Wildman–Crippen MR) is 129 cm³/mol. The molecule has 33 heavy (non-hydrogen) atoms. The molecule has 0 aliphatic rings. The molecule has 0 unspecified atom stereocenters. The van der Waals surface area contributed by atoms with E-state index in [0.29, 0.717) is 21.6 Å². The van der Waals surface area contributed by atoms with Crippen molar-refractivity contribution in [2.75, 3.05) is 11.5 Å². The number of carbonyl (C=O) groups is 1. The van der Waals surface area contributed by atoms with Gasteiger partial charge in [0.1, 0.15) is 11.4 Å². The lowest BCUT2D eigenvalue weighted by atomic mass is 10.2. The van der Waals surface area contributed by atoms with Crippen molar-refractivity contribution in [2.24, 2.45) is 14.1 Å². The molecule has 2 aromatic carbocycles. The number of nitrogens with two attached hydrogens (primary N) is 1. The Morgan fingerprint density at radius 3 is 2.36 bits per heavy atom. The van der Waals surface area contributed by atoms with Gasteiger partial charge in [-0.05, 0) is 36.4 Å². The Kier molecular flexibility index (Phi) is 5.96. The summed E-state index contributed by atoms with van der Waals surface area (Å²) in [7, 11) is 2.65. The Bertz CT molecular complexity index is 1590. The summed E-state index contributed by atoms with van der Waals surface area (Å²) in [5.74, 6) is -1.02. The maximum absolute atomic E-state index is 13.3. The molecule has 9 nitrogen and oxygen atoms in total. The molecule has 0 bridgehead atoms. The minimum absolute atomic E-state index is 0.213. The number of aromatic nitrogens is 4. The molecular weight excluding hydrogens is 466 g/mol. The monoisotopic (exact) mass is 483 g/mol. The van der Waals surface area contributed by atoms with E-state index in [9.17, 15) is 19.2 Å². The Morgan fingerprint density at radius 2 is 1.67 bits per heavy atom. The van der Waals surface area contributed by atoms with Crippen LogP contribution in [0.15, 0.2) is 68.1 Å². The summed E-state index contributed by atoms with van der Waals surface area (Å²) in [4.78, 5) is 55.3. The fourth-order valence-electron chi connectivity index (χ4n) is 3.35. The molecule has 11 heteroatoms. The minimum Gasteiger partial charge on any atom is -0.384 e. The topological polar surface area (TPSA) is 122 Å². The summed E-state index contributed by atoms with van der Waals surface area (Å²) in [6, 6.07) is 13.5. The minimum atomic E-state index is -0.775. The van der Waals surface area contributed by atoms with E-state index < -0.39 is 17.0 Å². The Labute approximate surface area is 196 Å². The van der Waals surface area contributed by atoms with Gasteiger partial charge < -0.3 is 5.73 Å². The molecule has 0 saturated heterocycles. The van der Waals surface area contributed by atoms with Gasteiger partial charge in [-0.2, -0.15) is 0 Å². The molecular formula is C22H18ClN5O4S. The summed E-state index contributed by atoms with van der Waals surface area (Å²) in [6.45, 7) is 0. The number of thioether (sulfide) groups is 1. The molecule has 2 heterocycles. The van der Waals surface area contributed by atoms with Crippen molar-refractivity contribution in [2.45, 2.75) is 5.16 Å². The highest BCUT2D eigenvalue weighted by Gasteiger charge is 2.22. The number of Topliss-reactive ketones (excluding diaryl/α,β-unsaturated/α-hetero) is 1. The number of hydrogen-bond donors (Lipinski definition) is 1. The summed E-state index contributed by atoms with van der Waals surface area (Å²) in [5.41, 5.74) is 4.89. The Hall–Kier alpha value is -3.63. The molecule has 0 aliphatic carbocycles. The maximum atomic E-state index is 13.3. The molecule has 168 valence electrons. The summed E-state index contributed by atoms with van der Waals surface area (Å²) in [5, 5.41) is 1.18. The van der Waals surface area contributed by atoms with Gasteiger partial charge in [0.25, 0.3) is 11.1 Å². The van der Waals surface area contributed by atoms with E-state index >= 15 is 0 Å². The number of para-hydroxylation sites is 1. The fraction of sp³-hybridized carbons (Fsp3) is 0.136. The van der Waals surface area contributed by atoms with Gasteiger partial charge in [0.05, 0.1) is 22.3 Å². The third-order valence-electron chi connectivity index (χ3n) is 5.15. The lowest BCUT2D eigenvalue weighted by Gasteiger charge is -2.14. The van der Waals surface area contributed by atoms with Crippen LogP contribution in [-0.2, 0) is 14.1 Å². The Morgan fingerprint density at radius 1 is 1.00 bits per heavy atom. The zero-order chi connectivity index (χ0) is 23.9. The maximum Gasteiger partial charge on any atom is 0.332 e. The zero-order valence-electron chi connectivity index (χ0n) is 17.6. The number of rotatable bonds is 5. The van der Waals surface area contributed by atoms with Gasteiger partial charge in [0, 0.05) is 19.1 Å². The number of ketones is 1. The van der Waals surface area contributed by atoms with Crippen LogP contribution in [0.1, 0.15) is 10.4 Å². The van der Waals surface area contributed by atoms with E-state index in [1.54, 1.807) is 48.5 Å². The van der Waals surface area contributed by atoms with Crippen LogP contribution in [0.2, 0.25) is 5.02 Å². The smallest absolute Gasteiger partial charge is 0.332 e. The third-order valence-corrected chi connectivity index (χ3v) is 6.34. The number of hydrogen-bond acceptors (Lipinski definition) is 7. The molecule has 4 aromatic rings. The molecule has 4 rings (SSSR count). The zero-order valence-corrected chi connectivity index (χ0v) is 19.2. The van der Waals surface area contributed by atoms with Gasteiger partial charge in [-0.3, -0.25) is 28.1 Å². The molecule has 0 spiro atoms. The molecule has 0 amide bonds. The van der Waals surface area contributed by atoms with Crippen molar-refractivity contribution in [3.63, 3.8) is 0 Å². The summed E-state index contributed by atoms with van der Waals surface area (Å²) in [6.07, 6.45) is 0. The van der Waals surface area contributed by atoms with Crippen LogP contribution >= 0.6 is 23.4 Å². The van der Waals surface area contributed by atoms with Gasteiger partial charge in [-0.25, -0.2) is 9.78 Å². The largest absolute Gasteiger partial charge is 0.384 e. The molecule has 2 N–H and O–H groups in total. The van der Waals surface area contributed by atoms with Crippen LogP contribution in [0, 0.1) is 0 Å². The molecule has 0 saturated carbocycles. The molecule has 0 aliphatic heterocycles. The van der Waals surface area contributed by atoms with E-state index in [1.165, 1.54) is 18.7 Å². The SMILES string of the molecule is Cn1c(N)c(C(=O)CSc2nc3ccccc3c(=O)n2-c2ccc(Cl)cc2)c(=O)n(C)c1=O. The molecule has 0 radical (unpaired) electrons. The Balaban J connectivity index is 1.80. The number of halogens is 1. The second kappa shape index (κ2) is 8.72. The number of nitrogen functional groups attached to an aromatic ring is 1. The average Bonchev–Trinajstić information content (AvgIpc) is 2.81. The second-order valence-corrected chi connectivity index (χ2v) is 8.59. The van der Waals surface area contributed by atoms with Gasteiger partial charge in [0.15, 0.2) is 10.9 Å². The van der Waals surface area contributed by atoms with E-state index in [1.807, 2.05) is 0 Å². The van der Waals surface area contributed by atoms with Crippen molar-refractivity contribution >= 4 is 45.9 Å². The van der Waals surface area contributed by atoms with Gasteiger partial charge >= 0.3 is 5.69 Å². The summed E-state index contributed by atoms with van der Waals surface area (Å²) >= 11 is 6.98. The number of benzene rings is 2. The number of nitrogens with zero attached hydrogens (tertiary/aromatic N) is 4. The third kappa shape index (κ3) is 3.98. The van der Waals surface area contributed by atoms with Crippen molar-refractivity contribution in [3.8, 4) is 5.69 Å². The molecule has 2 aromatic heterocycles. The quantitative estimate of drug-likeness (QED) is 0.261. The predicted octanol–water partition coefficient (Wildman–Crippen LogP) is 1.99. The van der Waals surface area contributed by atoms with Crippen LogP contribution < -0.4 is 22.5 Å². The standard InChI is InChI=1S/C22H18ClN5O4S/c1-26-18(24)17(20(31)27(2)22(26)32)16(29)11-33-21-25-15-6-4-3-5-14(15)19(30)28(21)13-9-7-12(23)8-10-13/h3-10H,11,24H2,1-2H3. The summed E-state index contributed by atoms with van der Waals surface area (Å²) < 4.78 is 3.25. The van der Waals surface area contributed by atoms with Crippen molar-refractivity contribution in [1.29, 1.82) is 0 Å². The first-order valence-corrected chi connectivity index (χ1v) is 11.1. The van der Waals surface area contributed by atoms with E-state index in [0.717, 1.165) is 20.9 Å². The fourth-order valence-corrected chi connectivity index (χ4v) is 4.36. The molecule has 0 fully saturated rings. The number of fused-ring (bicyclic) bond motifs is 1. The van der Waals surface area contributed by atoms with E-state index in [4.69, 9.17) is 17.3 Å². The normalized spacial score (nSPS) is 11.1. The number of anilines is 1. The average molecular weight is 484 g/mol. The van der Waals surface area contributed by atoms with Crippen LogP contribution in [0.4, 0.5) is 5.82 Å². The number of carbonyl (C=O) groups excluding carboxylic acids is 1. The first-order valence-electron chi connectivity index (χ1n) is 9.70. The first kappa shape index (κ1) is 22.6. The highest BCUT2D eigenvalue weighted by Crippen LogP contribution is 2.23. The van der Waals surface area contributed by atoms with Crippen molar-refractivity contribution in [1.82, 2.24) is 18.7 Å². The van der Waals surface area contributed by atoms with Crippen LogP contribution in [0.3, 0.4) is 0 Å². The van der Waals surface area contributed by atoms with E-state index in [2.05, 4.69) is 4.98 Å². The van der Waals surface area contributed by atoms with E-state index in [-0.39, 0.29) is 27.8 Å². The lowest BCUT2D eigenvalue weighted by molar-refractivity contribution is 0.102. The highest BCUT2D eigenvalue weighted by atomic mass is 35.5. The lowest BCUT2D eigenvalue weighted by Crippen LogP contribution is -2.41. The van der Waals surface area contributed by atoms with Crippen molar-refractivity contribution in [3.05, 3.63) is 90.3 Å².